The number of ketones is 1. The Balaban J connectivity index is 1.83. The van der Waals surface area contributed by atoms with Crippen molar-refractivity contribution in [2.45, 2.75) is 38.5 Å². The lowest BCUT2D eigenvalue weighted by atomic mass is 9.79. The van der Waals surface area contributed by atoms with E-state index in [4.69, 9.17) is 0 Å². The number of halogens is 2. The highest BCUT2D eigenvalue weighted by atomic mass is 19.2. The van der Waals surface area contributed by atoms with Crippen molar-refractivity contribution in [3.63, 3.8) is 0 Å². The molecular weight excluding hydrogens is 444 g/mol. The molecule has 1 heterocycles. The molecule has 6 heteroatoms. The zero-order valence-electron chi connectivity index (χ0n) is 19.4. The van der Waals surface area contributed by atoms with Crippen LogP contribution in [-0.2, 0) is 0 Å². The van der Waals surface area contributed by atoms with Gasteiger partial charge in [0, 0.05) is 39.7 Å². The van der Waals surface area contributed by atoms with Gasteiger partial charge in [-0.2, -0.15) is 5.26 Å². The van der Waals surface area contributed by atoms with Crippen LogP contribution >= 0.6 is 0 Å². The summed E-state index contributed by atoms with van der Waals surface area (Å²) in [6.45, 7) is 1.53. The van der Waals surface area contributed by atoms with Gasteiger partial charge in [0.25, 0.3) is 0 Å². The highest BCUT2D eigenvalue weighted by molar-refractivity contribution is 6.07. The number of carbonyl (C=O) groups is 1. The Morgan fingerprint density at radius 3 is 2.29 bits per heavy atom. The number of nitriles is 1. The topological polar surface area (TPSA) is 57.8 Å². The van der Waals surface area contributed by atoms with Gasteiger partial charge >= 0.3 is 0 Å². The van der Waals surface area contributed by atoms with E-state index in [0.717, 1.165) is 59.1 Å². The number of nitrogens with zero attached hydrogens (tertiary/aromatic N) is 2. The number of rotatable bonds is 5. The molecule has 1 aliphatic carbocycles. The van der Waals surface area contributed by atoms with E-state index in [2.05, 4.69) is 10.6 Å². The van der Waals surface area contributed by atoms with Crippen molar-refractivity contribution in [1.82, 2.24) is 4.57 Å². The summed E-state index contributed by atoms with van der Waals surface area (Å²) in [7, 11) is 0. The number of anilines is 1. The van der Waals surface area contributed by atoms with Gasteiger partial charge in [-0.15, -0.1) is 4.48 Å². The molecule has 4 nitrogen and oxygen atoms in total. The summed E-state index contributed by atoms with van der Waals surface area (Å²) in [6, 6.07) is 21.5. The molecule has 1 aromatic heterocycles. The number of carbonyl (C=O) groups excluding carboxylic acids is 1. The Labute approximate surface area is 202 Å². The second-order valence-electron chi connectivity index (χ2n) is 9.18. The fourth-order valence-corrected chi connectivity index (χ4v) is 5.35. The summed E-state index contributed by atoms with van der Waals surface area (Å²) >= 11 is 0. The molecule has 0 saturated heterocycles. The minimum Gasteiger partial charge on any atom is -0.313 e. The average molecular weight is 470 g/mol. The van der Waals surface area contributed by atoms with Crippen LogP contribution in [0.3, 0.4) is 0 Å². The fraction of sp³-hybridized carbons (Fsp3) is 0.241. The zero-order chi connectivity index (χ0) is 24.5. The molecular formula is C29H25F2N3O. The second kappa shape index (κ2) is 9.34. The first-order chi connectivity index (χ1) is 17.0. The lowest BCUT2D eigenvalue weighted by Gasteiger charge is -2.27. The number of hydrogen-bond donors (Lipinski definition) is 1. The first kappa shape index (κ1) is 22.8. The van der Waals surface area contributed by atoms with E-state index in [1.54, 1.807) is 36.4 Å². The molecule has 4 aromatic rings. The summed E-state index contributed by atoms with van der Waals surface area (Å²) in [5, 5.41) is 10.2. The monoisotopic (exact) mass is 469 g/mol. The quantitative estimate of drug-likeness (QED) is 0.240. The maximum Gasteiger partial charge on any atom is 0.159 e. The van der Waals surface area contributed by atoms with Crippen LogP contribution in [-0.4, -0.2) is 10.4 Å². The van der Waals surface area contributed by atoms with Crippen molar-refractivity contribution in [2.75, 3.05) is 5.54 Å². The summed E-state index contributed by atoms with van der Waals surface area (Å²) in [6.07, 6.45) is 3.24. The average Bonchev–Trinajstić information content (AvgIpc) is 3.24. The van der Waals surface area contributed by atoms with Crippen molar-refractivity contribution in [2.24, 2.45) is 5.92 Å². The largest absolute Gasteiger partial charge is 0.313 e. The van der Waals surface area contributed by atoms with Gasteiger partial charge < -0.3 is 4.57 Å². The predicted molar refractivity (Wildman–Crippen MR) is 134 cm³/mol. The maximum atomic E-state index is 14.1. The van der Waals surface area contributed by atoms with Crippen molar-refractivity contribution in [3.05, 3.63) is 83.8 Å². The molecule has 1 fully saturated rings. The van der Waals surface area contributed by atoms with Crippen LogP contribution in [0, 0.1) is 23.1 Å². The van der Waals surface area contributed by atoms with Gasteiger partial charge in [0.2, 0.25) is 0 Å². The normalized spacial score (nSPS) is 17.8. The zero-order valence-corrected chi connectivity index (χ0v) is 19.4. The van der Waals surface area contributed by atoms with Crippen LogP contribution in [0.2, 0.25) is 0 Å². The van der Waals surface area contributed by atoms with E-state index in [9.17, 15) is 18.9 Å². The Kier molecular flexibility index (Phi) is 6.08. The minimum atomic E-state index is -0.326. The molecule has 5 rings (SSSR count). The highest BCUT2D eigenvalue weighted by Crippen LogP contribution is 2.47. The SMILES string of the molecule is CC(=O)c1ccc(-c2c(C3CCC(C#N)CC3)n(-c3ccc(F)cc3)c3cccc(NF)c23)cc1. The summed E-state index contributed by atoms with van der Waals surface area (Å²) in [5.74, 6) is -0.179. The molecule has 0 amide bonds. The van der Waals surface area contributed by atoms with Gasteiger partial charge in [0.1, 0.15) is 5.82 Å². The first-order valence-corrected chi connectivity index (χ1v) is 11.8. The Morgan fingerprint density at radius 1 is 1.00 bits per heavy atom. The van der Waals surface area contributed by atoms with Gasteiger partial charge in [-0.25, -0.2) is 9.93 Å². The van der Waals surface area contributed by atoms with Crippen LogP contribution in [0.25, 0.3) is 27.7 Å². The molecule has 0 atom stereocenters. The number of benzene rings is 3. The van der Waals surface area contributed by atoms with Gasteiger partial charge in [0.05, 0.1) is 17.3 Å². The van der Waals surface area contributed by atoms with Gasteiger partial charge in [-0.1, -0.05) is 30.3 Å². The number of aromatic nitrogens is 1. The van der Waals surface area contributed by atoms with Crippen LogP contribution in [0.1, 0.15) is 54.6 Å². The molecule has 35 heavy (non-hydrogen) atoms. The first-order valence-electron chi connectivity index (χ1n) is 11.8. The molecule has 3 aromatic carbocycles. The van der Waals surface area contributed by atoms with Crippen molar-refractivity contribution in [3.8, 4) is 22.9 Å². The van der Waals surface area contributed by atoms with E-state index in [0.29, 0.717) is 11.3 Å². The Hall–Kier alpha value is -3.98. The van der Waals surface area contributed by atoms with Crippen molar-refractivity contribution < 1.29 is 13.7 Å². The third-order valence-corrected chi connectivity index (χ3v) is 7.09. The lowest BCUT2D eigenvalue weighted by molar-refractivity contribution is 0.101. The Morgan fingerprint density at radius 2 is 1.69 bits per heavy atom. The van der Waals surface area contributed by atoms with E-state index in [1.165, 1.54) is 19.1 Å². The third kappa shape index (κ3) is 4.08. The lowest BCUT2D eigenvalue weighted by Crippen LogP contribution is -2.15. The second-order valence-corrected chi connectivity index (χ2v) is 9.18. The number of Topliss-reactive ketones (excluding diaryl/α,β-unsaturated/α-hetero) is 1. The van der Waals surface area contributed by atoms with Gasteiger partial charge in [-0.3, -0.25) is 4.79 Å². The smallest absolute Gasteiger partial charge is 0.159 e. The Bertz CT molecular complexity index is 1420. The molecule has 0 spiro atoms. The summed E-state index contributed by atoms with van der Waals surface area (Å²) in [5.41, 5.74) is 7.19. The van der Waals surface area contributed by atoms with Crippen molar-refractivity contribution >= 4 is 22.4 Å². The minimum absolute atomic E-state index is 0.0218. The number of fused-ring (bicyclic) bond motifs is 1. The maximum absolute atomic E-state index is 14.1. The molecule has 1 N–H and O–H groups in total. The summed E-state index contributed by atoms with van der Waals surface area (Å²) in [4.78, 5) is 11.9. The summed E-state index contributed by atoms with van der Waals surface area (Å²) < 4.78 is 30.0. The van der Waals surface area contributed by atoms with Gasteiger partial charge in [-0.05, 0) is 74.6 Å². The van der Waals surface area contributed by atoms with E-state index < -0.39 is 0 Å². The number of nitrogens with one attached hydrogen (secondary N) is 1. The molecule has 1 saturated carbocycles. The standard InChI is InChI=1S/C29H25F2N3O/c1-18(35)20-9-11-21(12-10-20)27-28-25(33-31)3-2-4-26(28)34(24-15-13-23(30)14-16-24)29(27)22-7-5-19(17-32)6-8-22/h2-4,9-16,19,22,33H,5-8H2,1H3. The predicted octanol–water partition coefficient (Wildman–Crippen LogP) is 7.73. The molecule has 1 aliphatic rings. The van der Waals surface area contributed by atoms with E-state index in [1.807, 2.05) is 23.7 Å². The van der Waals surface area contributed by atoms with Gasteiger partial charge in [0.15, 0.2) is 5.78 Å². The van der Waals surface area contributed by atoms with Crippen LogP contribution in [0.5, 0.6) is 0 Å². The molecule has 0 radical (unpaired) electrons. The van der Waals surface area contributed by atoms with E-state index in [-0.39, 0.29) is 23.4 Å². The number of hydrogen-bond acceptors (Lipinski definition) is 3. The van der Waals surface area contributed by atoms with Crippen LogP contribution < -0.4 is 5.54 Å². The van der Waals surface area contributed by atoms with Crippen LogP contribution in [0.4, 0.5) is 14.6 Å². The van der Waals surface area contributed by atoms with Crippen LogP contribution in [0.15, 0.2) is 66.7 Å². The molecule has 0 bridgehead atoms. The highest BCUT2D eigenvalue weighted by Gasteiger charge is 2.31. The fourth-order valence-electron chi connectivity index (χ4n) is 5.35. The third-order valence-electron chi connectivity index (χ3n) is 7.09. The molecule has 176 valence electrons. The molecule has 0 aliphatic heterocycles. The van der Waals surface area contributed by atoms with Crippen molar-refractivity contribution in [1.29, 1.82) is 5.26 Å². The van der Waals surface area contributed by atoms with E-state index >= 15 is 0 Å². The molecule has 0 unspecified atom stereocenters.